The number of aliphatic hydroxyl groups excluding tert-OH is 1. The Bertz CT molecular complexity index is 422. The van der Waals surface area contributed by atoms with E-state index in [1.54, 1.807) is 12.1 Å². The van der Waals surface area contributed by atoms with E-state index in [0.717, 1.165) is 6.42 Å². The minimum atomic E-state index is -0.220. The second-order valence-electron chi connectivity index (χ2n) is 4.10. The molecular weight excluding hydrogens is 262 g/mol. The van der Waals surface area contributed by atoms with Gasteiger partial charge in [-0.1, -0.05) is 0 Å². The topological polar surface area (TPSA) is 77.0 Å². The van der Waals surface area contributed by atoms with E-state index >= 15 is 0 Å². The molecule has 1 aromatic rings. The Kier molecular flexibility index (Phi) is 6.66. The van der Waals surface area contributed by atoms with E-state index in [1.165, 1.54) is 21.3 Å². The van der Waals surface area contributed by atoms with Gasteiger partial charge in [-0.3, -0.25) is 4.79 Å². The van der Waals surface area contributed by atoms with E-state index in [-0.39, 0.29) is 12.5 Å². The lowest BCUT2D eigenvalue weighted by atomic mass is 10.1. The monoisotopic (exact) mass is 283 g/mol. The molecule has 20 heavy (non-hydrogen) atoms. The molecule has 0 radical (unpaired) electrons. The number of carbonyl (C=O) groups is 1. The van der Waals surface area contributed by atoms with Crippen LogP contribution < -0.4 is 19.5 Å². The predicted octanol–water partition coefficient (Wildman–Crippen LogP) is 1.21. The number of methoxy groups -OCH3 is 3. The van der Waals surface area contributed by atoms with Gasteiger partial charge in [-0.15, -0.1) is 0 Å². The summed E-state index contributed by atoms with van der Waals surface area (Å²) in [6, 6.07) is 3.20. The van der Waals surface area contributed by atoms with Crippen molar-refractivity contribution in [1.82, 2.24) is 5.32 Å². The van der Waals surface area contributed by atoms with Gasteiger partial charge in [0.2, 0.25) is 5.75 Å². The molecule has 2 N–H and O–H groups in total. The summed E-state index contributed by atoms with van der Waals surface area (Å²) < 4.78 is 15.6. The molecular formula is C14H21NO5. The van der Waals surface area contributed by atoms with Gasteiger partial charge in [0.25, 0.3) is 5.91 Å². The first-order valence-corrected chi connectivity index (χ1v) is 6.37. The van der Waals surface area contributed by atoms with Gasteiger partial charge in [-0.25, -0.2) is 0 Å². The summed E-state index contributed by atoms with van der Waals surface area (Å²) in [5.74, 6) is 1.11. The van der Waals surface area contributed by atoms with E-state index in [9.17, 15) is 4.79 Å². The Labute approximate surface area is 118 Å². The Morgan fingerprint density at radius 3 is 2.15 bits per heavy atom. The summed E-state index contributed by atoms with van der Waals surface area (Å²) in [5, 5.41) is 11.5. The van der Waals surface area contributed by atoms with E-state index in [1.807, 2.05) is 0 Å². The fourth-order valence-electron chi connectivity index (χ4n) is 1.75. The van der Waals surface area contributed by atoms with Crippen LogP contribution in [-0.2, 0) is 0 Å². The summed E-state index contributed by atoms with van der Waals surface area (Å²) in [4.78, 5) is 12.0. The van der Waals surface area contributed by atoms with Crippen molar-refractivity contribution in [3.05, 3.63) is 17.7 Å². The fourth-order valence-corrected chi connectivity index (χ4v) is 1.75. The number of hydrogen-bond acceptors (Lipinski definition) is 5. The maximum Gasteiger partial charge on any atom is 0.251 e. The standard InChI is InChI=1S/C14H21NO5/c1-18-11-8-10(9-12(19-2)13(11)20-3)14(17)15-6-4-5-7-16/h8-9,16H,4-7H2,1-3H3,(H,15,17). The third-order valence-corrected chi connectivity index (χ3v) is 2.80. The number of rotatable bonds is 8. The van der Waals surface area contributed by atoms with Gasteiger partial charge in [-0.2, -0.15) is 0 Å². The molecule has 0 unspecified atom stereocenters. The largest absolute Gasteiger partial charge is 0.493 e. The molecule has 0 aromatic heterocycles. The third kappa shape index (κ3) is 4.03. The maximum absolute atomic E-state index is 12.0. The molecule has 0 aliphatic carbocycles. The highest BCUT2D eigenvalue weighted by Crippen LogP contribution is 2.38. The van der Waals surface area contributed by atoms with Crippen LogP contribution in [0, 0.1) is 0 Å². The van der Waals surface area contributed by atoms with Gasteiger partial charge < -0.3 is 24.6 Å². The number of hydrogen-bond donors (Lipinski definition) is 2. The molecule has 0 spiro atoms. The molecule has 0 heterocycles. The van der Waals surface area contributed by atoms with Crippen molar-refractivity contribution in [3.63, 3.8) is 0 Å². The van der Waals surface area contributed by atoms with Crippen LogP contribution in [0.4, 0.5) is 0 Å². The fraction of sp³-hybridized carbons (Fsp3) is 0.500. The zero-order valence-electron chi connectivity index (χ0n) is 12.1. The van der Waals surface area contributed by atoms with E-state index in [0.29, 0.717) is 35.8 Å². The summed E-state index contributed by atoms with van der Waals surface area (Å²) in [5.41, 5.74) is 0.434. The molecule has 1 rings (SSSR count). The van der Waals surface area contributed by atoms with Crippen LogP contribution in [0.1, 0.15) is 23.2 Å². The van der Waals surface area contributed by atoms with Crippen LogP contribution in [-0.4, -0.2) is 45.5 Å². The average molecular weight is 283 g/mol. The van der Waals surface area contributed by atoms with E-state index in [2.05, 4.69) is 5.32 Å². The first kappa shape index (κ1) is 16.1. The molecule has 112 valence electrons. The number of carbonyl (C=O) groups excluding carboxylic acids is 1. The maximum atomic E-state index is 12.0. The van der Waals surface area contributed by atoms with Crippen LogP contribution in [0.2, 0.25) is 0 Å². The quantitative estimate of drug-likeness (QED) is 0.701. The molecule has 0 bridgehead atoms. The number of aliphatic hydroxyl groups is 1. The second-order valence-corrected chi connectivity index (χ2v) is 4.10. The van der Waals surface area contributed by atoms with Crippen molar-refractivity contribution in [1.29, 1.82) is 0 Å². The molecule has 0 fully saturated rings. The first-order chi connectivity index (χ1) is 9.67. The molecule has 6 heteroatoms. The van der Waals surface area contributed by atoms with Crippen LogP contribution in [0.5, 0.6) is 17.2 Å². The minimum Gasteiger partial charge on any atom is -0.493 e. The van der Waals surface area contributed by atoms with Crippen molar-refractivity contribution in [2.75, 3.05) is 34.5 Å². The lowest BCUT2D eigenvalue weighted by molar-refractivity contribution is 0.0951. The lowest BCUT2D eigenvalue weighted by Crippen LogP contribution is -2.24. The molecule has 1 aromatic carbocycles. The number of benzene rings is 1. The van der Waals surface area contributed by atoms with Crippen LogP contribution in [0.15, 0.2) is 12.1 Å². The number of ether oxygens (including phenoxy) is 3. The molecule has 0 saturated heterocycles. The Morgan fingerprint density at radius 1 is 1.10 bits per heavy atom. The van der Waals surface area contributed by atoms with Crippen molar-refractivity contribution < 1.29 is 24.1 Å². The van der Waals surface area contributed by atoms with Crippen LogP contribution in [0.25, 0.3) is 0 Å². The Balaban J connectivity index is 2.86. The summed E-state index contributed by atoms with van der Waals surface area (Å²) in [6.07, 6.45) is 1.39. The second kappa shape index (κ2) is 8.27. The minimum absolute atomic E-state index is 0.125. The van der Waals surface area contributed by atoms with Gasteiger partial charge in [0.05, 0.1) is 21.3 Å². The van der Waals surface area contributed by atoms with Crippen molar-refractivity contribution in [2.45, 2.75) is 12.8 Å². The molecule has 0 aliphatic rings. The normalized spacial score (nSPS) is 10.0. The zero-order chi connectivity index (χ0) is 15.0. The zero-order valence-corrected chi connectivity index (χ0v) is 12.1. The van der Waals surface area contributed by atoms with Gasteiger partial charge in [0.1, 0.15) is 0 Å². The Morgan fingerprint density at radius 2 is 1.70 bits per heavy atom. The third-order valence-electron chi connectivity index (χ3n) is 2.80. The van der Waals surface area contributed by atoms with Crippen LogP contribution >= 0.6 is 0 Å². The SMILES string of the molecule is COc1cc(C(=O)NCCCCO)cc(OC)c1OC. The number of unbranched alkanes of at least 4 members (excludes halogenated alkanes) is 1. The number of amides is 1. The highest BCUT2D eigenvalue weighted by atomic mass is 16.5. The summed E-state index contributed by atoms with van der Waals surface area (Å²) in [6.45, 7) is 0.635. The lowest BCUT2D eigenvalue weighted by Gasteiger charge is -2.14. The van der Waals surface area contributed by atoms with Crippen molar-refractivity contribution >= 4 is 5.91 Å². The highest BCUT2D eigenvalue weighted by molar-refractivity contribution is 5.95. The molecule has 0 saturated carbocycles. The Hall–Kier alpha value is -1.95. The van der Waals surface area contributed by atoms with Gasteiger partial charge in [0.15, 0.2) is 11.5 Å². The molecule has 0 aliphatic heterocycles. The summed E-state index contributed by atoms with van der Waals surface area (Å²) >= 11 is 0. The van der Waals surface area contributed by atoms with Crippen LogP contribution in [0.3, 0.4) is 0 Å². The highest BCUT2D eigenvalue weighted by Gasteiger charge is 2.16. The van der Waals surface area contributed by atoms with Crippen molar-refractivity contribution in [2.24, 2.45) is 0 Å². The molecule has 0 atom stereocenters. The summed E-state index contributed by atoms with van der Waals surface area (Å²) in [7, 11) is 4.51. The number of nitrogens with one attached hydrogen (secondary N) is 1. The smallest absolute Gasteiger partial charge is 0.251 e. The molecule has 1 amide bonds. The van der Waals surface area contributed by atoms with Gasteiger partial charge in [-0.05, 0) is 25.0 Å². The average Bonchev–Trinajstić information content (AvgIpc) is 2.49. The predicted molar refractivity (Wildman–Crippen MR) is 74.8 cm³/mol. The van der Waals surface area contributed by atoms with E-state index in [4.69, 9.17) is 19.3 Å². The van der Waals surface area contributed by atoms with Gasteiger partial charge >= 0.3 is 0 Å². The van der Waals surface area contributed by atoms with E-state index < -0.39 is 0 Å². The first-order valence-electron chi connectivity index (χ1n) is 6.37. The van der Waals surface area contributed by atoms with Crippen molar-refractivity contribution in [3.8, 4) is 17.2 Å². The molecule has 6 nitrogen and oxygen atoms in total. The van der Waals surface area contributed by atoms with Gasteiger partial charge in [0, 0.05) is 18.7 Å².